The lowest BCUT2D eigenvalue weighted by molar-refractivity contribution is -0.236. The van der Waals surface area contributed by atoms with Crippen LogP contribution in [0.4, 0.5) is 0 Å². The van der Waals surface area contributed by atoms with Gasteiger partial charge in [-0.1, -0.05) is 8.67 Å². The Morgan fingerprint density at radius 1 is 0.163 bits per heavy atom. The molecule has 0 bridgehead atoms. The average Bonchev–Trinajstić information content (AvgIpc) is 3.30. The van der Waals surface area contributed by atoms with E-state index < -0.39 is 211 Å². The van der Waals surface area contributed by atoms with Crippen molar-refractivity contribution < 1.29 is 131 Å². The third kappa shape index (κ3) is 6.59. The van der Waals surface area contributed by atoms with Crippen molar-refractivity contribution in [3.63, 3.8) is 0 Å². The molecule has 30 heteroatoms. The van der Waals surface area contributed by atoms with Crippen LogP contribution in [0.15, 0.2) is 0 Å². The van der Waals surface area contributed by atoms with Gasteiger partial charge in [0.2, 0.25) is 0 Å². The molecule has 86 heavy (non-hydrogen) atoms. The molecule has 0 aromatic carbocycles. The maximum absolute atomic E-state index is 16.7. The van der Waals surface area contributed by atoms with Crippen molar-refractivity contribution >= 4 is 147 Å². The quantitative estimate of drug-likeness (QED) is 0.0589. The number of ketones is 22. The van der Waals surface area contributed by atoms with Gasteiger partial charge in [0.05, 0.1) is 0 Å². The standard InChI is InChI=1S/C56H66O28S2/c1-23(57)45(24(2)58)47(27(5)61,28(6)62)51(35(13)69,36(14)70)55(43(21)77,52(37(15)71,38(16)72)48(45,29(7)63)30(8)64)85(79,80)83-84-86(81,82)56(44(22)78)53(39(17)73,40(18)74)49(31(9)65,32(10)66)46(25(3)59,26(4)60)50(33(11)67,34(12)68)54(56,41(19)75)42(20)76/h1-22H3. The second-order valence-corrected chi connectivity index (χ2v) is 25.5. The van der Waals surface area contributed by atoms with E-state index in [1.165, 1.54) is 0 Å². The van der Waals surface area contributed by atoms with E-state index in [4.69, 9.17) is 8.67 Å². The van der Waals surface area contributed by atoms with E-state index in [2.05, 4.69) is 0 Å². The number of Topliss-reactive ketones (excluding diaryl/α,β-unsaturated/α-hetero) is 22. The Bertz CT molecular complexity index is 3120. The monoisotopic (exact) mass is 1250 g/mol. The van der Waals surface area contributed by atoms with Crippen molar-refractivity contribution in [2.24, 2.45) is 54.1 Å². The van der Waals surface area contributed by atoms with Gasteiger partial charge in [-0.05, 0) is 152 Å². The van der Waals surface area contributed by atoms with Crippen molar-refractivity contribution in [1.29, 1.82) is 0 Å². The number of rotatable bonds is 27. The summed E-state index contributed by atoms with van der Waals surface area (Å²) < 4.78 is 65.0. The molecule has 28 nitrogen and oxygen atoms in total. The van der Waals surface area contributed by atoms with Gasteiger partial charge in [-0.2, -0.15) is 16.8 Å². The zero-order valence-corrected chi connectivity index (χ0v) is 52.9. The van der Waals surface area contributed by atoms with Crippen molar-refractivity contribution in [3.8, 4) is 0 Å². The van der Waals surface area contributed by atoms with Crippen molar-refractivity contribution in [1.82, 2.24) is 0 Å². The van der Waals surface area contributed by atoms with Gasteiger partial charge in [0, 0.05) is 0 Å². The predicted octanol–water partition coefficient (Wildman–Crippen LogP) is -0.0790. The van der Waals surface area contributed by atoms with Gasteiger partial charge in [0.1, 0.15) is 170 Å². The Morgan fingerprint density at radius 2 is 0.244 bits per heavy atom. The lowest BCUT2D eigenvalue weighted by Gasteiger charge is -2.73. The van der Waals surface area contributed by atoms with Crippen LogP contribution >= 0.6 is 0 Å². The topological polar surface area (TPSA) is 462 Å². The molecule has 0 spiro atoms. The van der Waals surface area contributed by atoms with E-state index in [1.807, 2.05) is 0 Å². The molecule has 2 aliphatic carbocycles. The Kier molecular flexibility index (Phi) is 18.9. The van der Waals surface area contributed by atoms with E-state index in [0.717, 1.165) is 0 Å². The molecular weight excluding hydrogens is 1180 g/mol. The minimum Gasteiger partial charge on any atom is -0.299 e. The second-order valence-electron chi connectivity index (χ2n) is 22.1. The van der Waals surface area contributed by atoms with Gasteiger partial charge in [-0.25, -0.2) is 0 Å². The van der Waals surface area contributed by atoms with Crippen LogP contribution in [0.2, 0.25) is 0 Å². The summed E-state index contributed by atoms with van der Waals surface area (Å²) in [7, 11) is -16.3. The van der Waals surface area contributed by atoms with Crippen LogP contribution in [0.1, 0.15) is 152 Å². The maximum Gasteiger partial charge on any atom is 0.310 e. The fraction of sp³-hybridized carbons (Fsp3) is 0.607. The van der Waals surface area contributed by atoms with E-state index in [1.54, 1.807) is 0 Å². The summed E-state index contributed by atoms with van der Waals surface area (Å²) in [5.74, 6) is -52.3. The van der Waals surface area contributed by atoms with Crippen LogP contribution in [0, 0.1) is 54.1 Å². The Labute approximate surface area is 492 Å². The van der Waals surface area contributed by atoms with E-state index >= 15 is 122 Å². The fourth-order valence-electron chi connectivity index (χ4n) is 18.6. The van der Waals surface area contributed by atoms with Crippen LogP contribution in [0.25, 0.3) is 0 Å². The second kappa shape index (κ2) is 21.8. The third-order valence-corrected chi connectivity index (χ3v) is 23.0. The molecule has 0 N–H and O–H groups in total. The Morgan fingerprint density at radius 3 is 0.314 bits per heavy atom. The van der Waals surface area contributed by atoms with Crippen LogP contribution < -0.4 is 0 Å². The molecule has 0 amide bonds. The number of hydrogen-bond acceptors (Lipinski definition) is 28. The molecule has 0 heterocycles. The average molecular weight is 1250 g/mol. The first-order chi connectivity index (χ1) is 38.5. The summed E-state index contributed by atoms with van der Waals surface area (Å²) in [6, 6.07) is 0. The fourth-order valence-corrected chi connectivity index (χ4v) is 23.3. The smallest absolute Gasteiger partial charge is 0.299 e. The molecule has 0 unspecified atom stereocenters. The molecule has 0 aromatic rings. The lowest BCUT2D eigenvalue weighted by atomic mass is 9.22. The highest BCUT2D eigenvalue weighted by Gasteiger charge is 3.05. The minimum absolute atomic E-state index is 0.0227. The zero-order chi connectivity index (χ0) is 69.1. The van der Waals surface area contributed by atoms with Gasteiger partial charge in [-0.15, -0.1) is 0 Å². The highest BCUT2D eigenvalue weighted by Crippen LogP contribution is 2.83. The van der Waals surface area contributed by atoms with Gasteiger partial charge in [-0.3, -0.25) is 105 Å². The molecule has 2 saturated carbocycles. The van der Waals surface area contributed by atoms with Crippen molar-refractivity contribution in [3.05, 3.63) is 0 Å². The van der Waals surface area contributed by atoms with E-state index in [-0.39, 0.29) is 152 Å². The maximum atomic E-state index is 16.7. The zero-order valence-electron chi connectivity index (χ0n) is 51.2. The first kappa shape index (κ1) is 74.7. The SMILES string of the molecule is CC(=O)C1(C(C)=O)C(C(C)=O)(C(C)=O)C(C(C)=O)(C(C)=O)C(C(C)=O)(S(=O)(=O)OOS(=O)(=O)C2(C(C)=O)C(C(C)=O)(C(C)=O)C(C(C)=O)(C(C)=O)C(C(C)=O)(C(C)=O)C(C(C)=O)(C(C)=O)C2(C(C)=O)C(C)=O)C(C(C)=O)(C(C)=O)C1(C(C)=O)C(C)=O. The van der Waals surface area contributed by atoms with Crippen LogP contribution in [-0.2, 0) is 134 Å². The lowest BCUT2D eigenvalue weighted by Crippen LogP contribution is -2.96. The van der Waals surface area contributed by atoms with E-state index in [9.17, 15) is 0 Å². The molecule has 2 aliphatic rings. The number of carbonyl (C=O) groups is 22. The summed E-state index contributed by atoms with van der Waals surface area (Å²) in [6.45, 7) is 1.76. The summed E-state index contributed by atoms with van der Waals surface area (Å²) in [4.78, 5) is 337. The largest absolute Gasteiger partial charge is 0.310 e. The van der Waals surface area contributed by atoms with Crippen molar-refractivity contribution in [2.75, 3.05) is 0 Å². The van der Waals surface area contributed by atoms with Gasteiger partial charge < -0.3 is 0 Å². The highest BCUT2D eigenvalue weighted by atomic mass is 32.2. The van der Waals surface area contributed by atoms with Crippen LogP contribution in [-0.4, -0.2) is 154 Å². The normalized spacial score (nSPS) is 20.8. The molecule has 470 valence electrons. The molecule has 0 aliphatic heterocycles. The summed E-state index contributed by atoms with van der Waals surface area (Å²) >= 11 is 0. The molecule has 2 rings (SSSR count). The van der Waals surface area contributed by atoms with Crippen LogP contribution in [0.3, 0.4) is 0 Å². The Hall–Kier alpha value is -7.44. The third-order valence-electron chi connectivity index (χ3n) is 19.1. The Balaban J connectivity index is 4.49. The summed E-state index contributed by atoms with van der Waals surface area (Å²) in [6.07, 6.45) is 0. The van der Waals surface area contributed by atoms with Gasteiger partial charge in [0.25, 0.3) is 0 Å². The molecule has 0 saturated heterocycles. The first-order valence-corrected chi connectivity index (χ1v) is 28.4. The summed E-state index contributed by atoms with van der Waals surface area (Å²) in [5, 5.41) is 0. The number of hydrogen-bond donors (Lipinski definition) is 0. The molecular formula is C56H66O28S2. The molecule has 0 aromatic heterocycles. The molecule has 0 radical (unpaired) electrons. The van der Waals surface area contributed by atoms with Crippen molar-refractivity contribution in [2.45, 2.75) is 162 Å². The number of carbonyl (C=O) groups excluding carboxylic acids is 22. The van der Waals surface area contributed by atoms with Gasteiger partial charge in [0.15, 0.2) is 21.1 Å². The molecule has 2 fully saturated rings. The minimum atomic E-state index is -8.16. The van der Waals surface area contributed by atoms with E-state index in [0.29, 0.717) is 0 Å². The highest BCUT2D eigenvalue weighted by molar-refractivity contribution is 7.91. The summed E-state index contributed by atoms with van der Waals surface area (Å²) in [5.41, 5.74) is -49.0. The van der Waals surface area contributed by atoms with Crippen LogP contribution in [0.5, 0.6) is 0 Å². The first-order valence-electron chi connectivity index (χ1n) is 25.6. The molecule has 0 atom stereocenters. The predicted molar refractivity (Wildman–Crippen MR) is 285 cm³/mol. The van der Waals surface area contributed by atoms with Gasteiger partial charge >= 0.3 is 20.2 Å².